The minimum atomic E-state index is -0.203. The number of amides is 1. The van der Waals surface area contributed by atoms with Crippen molar-refractivity contribution in [1.82, 2.24) is 0 Å². The van der Waals surface area contributed by atoms with Crippen LogP contribution in [0, 0.1) is 20.8 Å². The molecule has 1 amide bonds. The van der Waals surface area contributed by atoms with Gasteiger partial charge in [0.05, 0.1) is 0 Å². The predicted molar refractivity (Wildman–Crippen MR) is 74.8 cm³/mol. The summed E-state index contributed by atoms with van der Waals surface area (Å²) in [6.07, 6.45) is 3.10. The molecule has 1 aromatic carbocycles. The third-order valence-corrected chi connectivity index (χ3v) is 4.07. The quantitative estimate of drug-likeness (QED) is 0.871. The second kappa shape index (κ2) is 5.01. The van der Waals surface area contributed by atoms with Crippen molar-refractivity contribution in [1.29, 1.82) is 0 Å². The third kappa shape index (κ3) is 2.35. The van der Waals surface area contributed by atoms with Crippen LogP contribution < -0.4 is 10.6 Å². The molecule has 3 nitrogen and oxygen atoms in total. The van der Waals surface area contributed by atoms with E-state index in [9.17, 15) is 4.79 Å². The summed E-state index contributed by atoms with van der Waals surface area (Å²) in [6, 6.07) is 4.20. The van der Waals surface area contributed by atoms with Crippen LogP contribution in [0.25, 0.3) is 0 Å². The molecule has 1 fully saturated rings. The summed E-state index contributed by atoms with van der Waals surface area (Å²) in [7, 11) is 0. The molecule has 18 heavy (non-hydrogen) atoms. The number of anilines is 1. The first-order valence-corrected chi connectivity index (χ1v) is 6.64. The molecule has 1 saturated heterocycles. The fraction of sp³-hybridized carbons (Fsp3) is 0.533. The van der Waals surface area contributed by atoms with E-state index in [-0.39, 0.29) is 11.9 Å². The van der Waals surface area contributed by atoms with E-state index >= 15 is 0 Å². The Morgan fingerprint density at radius 2 is 1.83 bits per heavy atom. The second-order valence-electron chi connectivity index (χ2n) is 5.31. The first kappa shape index (κ1) is 12.9. The average molecular weight is 246 g/mol. The van der Waals surface area contributed by atoms with Gasteiger partial charge in [-0.2, -0.15) is 0 Å². The van der Waals surface area contributed by atoms with Gasteiger partial charge in [-0.1, -0.05) is 0 Å². The Kier molecular flexibility index (Phi) is 3.60. The van der Waals surface area contributed by atoms with Crippen LogP contribution in [0.2, 0.25) is 0 Å². The molecule has 3 heteroatoms. The van der Waals surface area contributed by atoms with Crippen LogP contribution in [0.15, 0.2) is 12.1 Å². The Morgan fingerprint density at radius 3 is 2.39 bits per heavy atom. The van der Waals surface area contributed by atoms with Crippen molar-refractivity contribution < 1.29 is 4.79 Å². The van der Waals surface area contributed by atoms with Gasteiger partial charge in [-0.05, 0) is 68.9 Å². The molecule has 1 atom stereocenters. The molecule has 1 aliphatic heterocycles. The molecular formula is C15H22N2O. The highest BCUT2D eigenvalue weighted by Gasteiger charge is 2.27. The Bertz CT molecular complexity index is 445. The van der Waals surface area contributed by atoms with Gasteiger partial charge in [0, 0.05) is 12.2 Å². The largest absolute Gasteiger partial charge is 0.368 e. The van der Waals surface area contributed by atoms with Crippen molar-refractivity contribution in [2.24, 2.45) is 5.73 Å². The molecule has 0 aromatic heterocycles. The van der Waals surface area contributed by atoms with Crippen LogP contribution in [-0.4, -0.2) is 18.5 Å². The maximum Gasteiger partial charge on any atom is 0.240 e. The zero-order chi connectivity index (χ0) is 13.3. The number of aryl methyl sites for hydroxylation is 2. The lowest BCUT2D eigenvalue weighted by molar-refractivity contribution is -0.119. The summed E-state index contributed by atoms with van der Waals surface area (Å²) in [5, 5.41) is 0. The minimum absolute atomic E-state index is 0.139. The van der Waals surface area contributed by atoms with Crippen LogP contribution in [0.4, 0.5) is 5.69 Å². The smallest absolute Gasteiger partial charge is 0.240 e. The fourth-order valence-electron chi connectivity index (χ4n) is 2.72. The van der Waals surface area contributed by atoms with E-state index in [1.165, 1.54) is 16.7 Å². The molecule has 2 rings (SSSR count). The predicted octanol–water partition coefficient (Wildman–Crippen LogP) is 2.46. The fourth-order valence-corrected chi connectivity index (χ4v) is 2.72. The number of hydrogen-bond acceptors (Lipinski definition) is 2. The maximum atomic E-state index is 11.6. The maximum absolute atomic E-state index is 11.6. The van der Waals surface area contributed by atoms with Crippen molar-refractivity contribution >= 4 is 11.6 Å². The molecule has 0 bridgehead atoms. The summed E-state index contributed by atoms with van der Waals surface area (Å²) in [4.78, 5) is 13.7. The zero-order valence-corrected chi connectivity index (χ0v) is 11.5. The van der Waals surface area contributed by atoms with Gasteiger partial charge >= 0.3 is 0 Å². The van der Waals surface area contributed by atoms with Gasteiger partial charge in [-0.25, -0.2) is 0 Å². The summed E-state index contributed by atoms with van der Waals surface area (Å²) >= 11 is 0. The van der Waals surface area contributed by atoms with Gasteiger partial charge in [0.25, 0.3) is 0 Å². The lowest BCUT2D eigenvalue weighted by atomic mass is 9.98. The number of hydrogen-bond donors (Lipinski definition) is 1. The number of carbonyl (C=O) groups is 1. The number of carbonyl (C=O) groups excluding carboxylic acids is 1. The molecule has 0 saturated carbocycles. The van der Waals surface area contributed by atoms with Crippen molar-refractivity contribution in [2.45, 2.75) is 46.1 Å². The first-order valence-electron chi connectivity index (χ1n) is 6.64. The average Bonchev–Trinajstić information content (AvgIpc) is 2.35. The van der Waals surface area contributed by atoms with Gasteiger partial charge in [0.2, 0.25) is 5.91 Å². The first-order chi connectivity index (χ1) is 8.50. The molecular weight excluding hydrogens is 224 g/mol. The highest BCUT2D eigenvalue weighted by molar-refractivity contribution is 5.84. The van der Waals surface area contributed by atoms with Crippen LogP contribution in [0.5, 0.6) is 0 Å². The number of rotatable bonds is 2. The standard InChI is InChI=1S/C15H22N2O/c1-10-8-13(9-11(2)12(10)3)17-7-5-4-6-14(17)15(16)18/h8-9,14H,4-7H2,1-3H3,(H2,16,18). The second-order valence-corrected chi connectivity index (χ2v) is 5.31. The SMILES string of the molecule is Cc1cc(N2CCCCC2C(N)=O)cc(C)c1C. The molecule has 0 aliphatic carbocycles. The van der Waals surface area contributed by atoms with E-state index in [2.05, 4.69) is 37.8 Å². The van der Waals surface area contributed by atoms with Crippen molar-refractivity contribution in [2.75, 3.05) is 11.4 Å². The number of primary amides is 1. The molecule has 98 valence electrons. The zero-order valence-electron chi connectivity index (χ0n) is 11.5. The number of benzene rings is 1. The summed E-state index contributed by atoms with van der Waals surface area (Å²) in [5.74, 6) is -0.203. The summed E-state index contributed by atoms with van der Waals surface area (Å²) in [5.41, 5.74) is 10.5. The number of nitrogens with two attached hydrogens (primary N) is 1. The molecule has 2 N–H and O–H groups in total. The van der Waals surface area contributed by atoms with Gasteiger partial charge in [0.15, 0.2) is 0 Å². The van der Waals surface area contributed by atoms with E-state index in [1.807, 2.05) is 0 Å². The normalized spacial score (nSPS) is 19.9. The monoisotopic (exact) mass is 246 g/mol. The topological polar surface area (TPSA) is 46.3 Å². The summed E-state index contributed by atoms with van der Waals surface area (Å²) < 4.78 is 0. The van der Waals surface area contributed by atoms with Crippen molar-refractivity contribution in [3.8, 4) is 0 Å². The van der Waals surface area contributed by atoms with Gasteiger partial charge < -0.3 is 10.6 Å². The lowest BCUT2D eigenvalue weighted by Gasteiger charge is -2.36. The minimum Gasteiger partial charge on any atom is -0.368 e. The van der Waals surface area contributed by atoms with Crippen molar-refractivity contribution in [3.05, 3.63) is 28.8 Å². The van der Waals surface area contributed by atoms with E-state index in [0.29, 0.717) is 0 Å². The van der Waals surface area contributed by atoms with Crippen LogP contribution in [0.3, 0.4) is 0 Å². The third-order valence-electron chi connectivity index (χ3n) is 4.07. The summed E-state index contributed by atoms with van der Waals surface area (Å²) in [6.45, 7) is 7.30. The Balaban J connectivity index is 2.37. The highest BCUT2D eigenvalue weighted by Crippen LogP contribution is 2.28. The van der Waals surface area contributed by atoms with Gasteiger partial charge in [-0.15, -0.1) is 0 Å². The Hall–Kier alpha value is -1.51. The number of nitrogens with zero attached hydrogens (tertiary/aromatic N) is 1. The van der Waals surface area contributed by atoms with E-state index in [0.717, 1.165) is 31.5 Å². The number of piperidine rings is 1. The molecule has 1 unspecified atom stereocenters. The van der Waals surface area contributed by atoms with Crippen LogP contribution in [-0.2, 0) is 4.79 Å². The highest BCUT2D eigenvalue weighted by atomic mass is 16.1. The molecule has 1 aliphatic rings. The Labute approximate surface area is 109 Å². The van der Waals surface area contributed by atoms with E-state index < -0.39 is 0 Å². The van der Waals surface area contributed by atoms with Gasteiger partial charge in [0.1, 0.15) is 6.04 Å². The molecule has 1 heterocycles. The van der Waals surface area contributed by atoms with Gasteiger partial charge in [-0.3, -0.25) is 4.79 Å². The van der Waals surface area contributed by atoms with Crippen molar-refractivity contribution in [3.63, 3.8) is 0 Å². The van der Waals surface area contributed by atoms with E-state index in [1.54, 1.807) is 0 Å². The Morgan fingerprint density at radius 1 is 1.22 bits per heavy atom. The van der Waals surface area contributed by atoms with Crippen LogP contribution in [0.1, 0.15) is 36.0 Å². The van der Waals surface area contributed by atoms with Crippen LogP contribution >= 0.6 is 0 Å². The molecule has 0 spiro atoms. The molecule has 1 aromatic rings. The lowest BCUT2D eigenvalue weighted by Crippen LogP contribution is -2.47. The van der Waals surface area contributed by atoms with E-state index in [4.69, 9.17) is 5.73 Å². The molecule has 0 radical (unpaired) electrons.